The first-order valence-electron chi connectivity index (χ1n) is 8.26. The van der Waals surface area contributed by atoms with Crippen molar-refractivity contribution in [1.82, 2.24) is 0 Å². The molecule has 0 saturated carbocycles. The number of hydrogen-bond donors (Lipinski definition) is 0. The number of carbonyl (C=O) groups is 1. The summed E-state index contributed by atoms with van der Waals surface area (Å²) in [5, 5.41) is 13.4. The zero-order chi connectivity index (χ0) is 19.7. The molecule has 0 saturated heterocycles. The van der Waals surface area contributed by atoms with E-state index in [0.717, 1.165) is 11.3 Å². The van der Waals surface area contributed by atoms with E-state index in [1.807, 2.05) is 0 Å². The van der Waals surface area contributed by atoms with Gasteiger partial charge in [-0.15, -0.1) is 11.3 Å². The van der Waals surface area contributed by atoms with Crippen LogP contribution in [0.1, 0.15) is 23.3 Å². The molecule has 0 amide bonds. The van der Waals surface area contributed by atoms with Crippen LogP contribution in [0.2, 0.25) is 0 Å². The van der Waals surface area contributed by atoms with Crippen LogP contribution in [0.4, 0.5) is 13.2 Å². The number of nitrogens with zero attached hydrogens (tertiary/aromatic N) is 1. The minimum absolute atomic E-state index is 0.101. The molecule has 1 aromatic carbocycles. The van der Waals surface area contributed by atoms with E-state index in [0.29, 0.717) is 17.4 Å². The van der Waals surface area contributed by atoms with Gasteiger partial charge in [-0.05, 0) is 29.0 Å². The Hall–Kier alpha value is -2.48. The lowest BCUT2D eigenvalue weighted by Crippen LogP contribution is -2.58. The highest BCUT2D eigenvalue weighted by molar-refractivity contribution is 7.10. The Balaban J connectivity index is 2.26. The van der Waals surface area contributed by atoms with Crippen molar-refractivity contribution in [3.8, 4) is 0 Å². The van der Waals surface area contributed by atoms with Gasteiger partial charge in [0.15, 0.2) is 5.41 Å². The monoisotopic (exact) mass is 395 g/mol. The predicted octanol–water partition coefficient (Wildman–Crippen LogP) is 4.89. The van der Waals surface area contributed by atoms with E-state index in [9.17, 15) is 28.1 Å². The van der Waals surface area contributed by atoms with E-state index < -0.39 is 34.9 Å². The lowest BCUT2D eigenvalue weighted by molar-refractivity contribution is -0.553. The first-order chi connectivity index (χ1) is 12.8. The van der Waals surface area contributed by atoms with Crippen LogP contribution in [0.5, 0.6) is 0 Å². The molecular weight excluding hydrogens is 379 g/mol. The molecule has 3 atom stereocenters. The minimum atomic E-state index is -4.84. The van der Waals surface area contributed by atoms with Crippen molar-refractivity contribution in [2.24, 2.45) is 5.92 Å². The van der Waals surface area contributed by atoms with Gasteiger partial charge in [0.05, 0.1) is 5.92 Å². The molecule has 3 rings (SSSR count). The van der Waals surface area contributed by atoms with Crippen LogP contribution in [-0.2, 0) is 10.2 Å². The molecule has 1 heterocycles. The molecule has 27 heavy (non-hydrogen) atoms. The van der Waals surface area contributed by atoms with Gasteiger partial charge < -0.3 is 4.79 Å². The summed E-state index contributed by atoms with van der Waals surface area (Å²) < 4.78 is 42.9. The van der Waals surface area contributed by atoms with Crippen molar-refractivity contribution in [2.75, 3.05) is 0 Å². The summed E-state index contributed by atoms with van der Waals surface area (Å²) in [6, 6.07) is 9.29. The summed E-state index contributed by atoms with van der Waals surface area (Å²) >= 11 is 0.851. The van der Waals surface area contributed by atoms with E-state index >= 15 is 0 Å². The Morgan fingerprint density at radius 1 is 1.22 bits per heavy atom. The lowest BCUT2D eigenvalue weighted by Gasteiger charge is -2.42. The first-order valence-corrected chi connectivity index (χ1v) is 9.14. The third-order valence-corrected chi connectivity index (χ3v) is 6.13. The zero-order valence-electron chi connectivity index (χ0n) is 14.1. The molecular formula is C19H16F3NO3S. The lowest BCUT2D eigenvalue weighted by atomic mass is 9.63. The number of allylic oxidation sites excluding steroid dienone is 1. The average Bonchev–Trinajstić information content (AvgIpc) is 3.16. The largest absolute Gasteiger partial charge is 0.406 e. The highest BCUT2D eigenvalue weighted by atomic mass is 32.1. The van der Waals surface area contributed by atoms with Crippen LogP contribution in [0, 0.1) is 16.0 Å². The Kier molecular flexibility index (Phi) is 5.19. The molecule has 0 N–H and O–H groups in total. The predicted molar refractivity (Wildman–Crippen MR) is 96.0 cm³/mol. The van der Waals surface area contributed by atoms with Gasteiger partial charge >= 0.3 is 6.18 Å². The summed E-state index contributed by atoms with van der Waals surface area (Å²) in [4.78, 5) is 22.2. The normalized spacial score (nSPS) is 25.7. The number of thiophene rings is 1. The fraction of sp³-hybridized carbons (Fsp3) is 0.316. The smallest absolute Gasteiger partial charge is 0.303 e. The van der Waals surface area contributed by atoms with Crippen molar-refractivity contribution >= 4 is 23.2 Å². The van der Waals surface area contributed by atoms with Crippen molar-refractivity contribution in [1.29, 1.82) is 0 Å². The third-order valence-electron chi connectivity index (χ3n) is 5.08. The quantitative estimate of drug-likeness (QED) is 0.412. The number of hydrogen-bond acceptors (Lipinski definition) is 4. The van der Waals surface area contributed by atoms with E-state index in [1.54, 1.807) is 30.3 Å². The van der Waals surface area contributed by atoms with Crippen molar-refractivity contribution < 1.29 is 22.9 Å². The maximum Gasteiger partial charge on any atom is 0.406 e. The van der Waals surface area contributed by atoms with E-state index in [-0.39, 0.29) is 11.3 Å². The summed E-state index contributed by atoms with van der Waals surface area (Å²) in [6.45, 7) is 0. The molecule has 142 valence electrons. The highest BCUT2D eigenvalue weighted by Crippen LogP contribution is 2.55. The van der Waals surface area contributed by atoms with Gasteiger partial charge in [0.1, 0.15) is 6.29 Å². The first kappa shape index (κ1) is 19.3. The second kappa shape index (κ2) is 7.26. The van der Waals surface area contributed by atoms with Gasteiger partial charge in [-0.3, -0.25) is 10.1 Å². The fourth-order valence-electron chi connectivity index (χ4n) is 3.91. The van der Waals surface area contributed by atoms with Crippen LogP contribution in [-0.4, -0.2) is 23.4 Å². The van der Waals surface area contributed by atoms with Gasteiger partial charge in [0.25, 0.3) is 0 Å². The molecule has 8 heteroatoms. The number of carbonyl (C=O) groups excluding carboxylic acids is 1. The highest BCUT2D eigenvalue weighted by Gasteiger charge is 2.69. The van der Waals surface area contributed by atoms with Crippen LogP contribution in [0.3, 0.4) is 0 Å². The second-order valence-corrected chi connectivity index (χ2v) is 7.36. The third kappa shape index (κ3) is 3.18. The molecule has 0 bridgehead atoms. The van der Waals surface area contributed by atoms with Crippen LogP contribution in [0.25, 0.3) is 5.57 Å². The Labute approximate surface area is 157 Å². The molecule has 1 aliphatic rings. The van der Waals surface area contributed by atoms with E-state index in [4.69, 9.17) is 0 Å². The molecule has 4 nitrogen and oxygen atoms in total. The number of aldehydes is 1. The van der Waals surface area contributed by atoms with Gasteiger partial charge in [-0.1, -0.05) is 42.5 Å². The van der Waals surface area contributed by atoms with Crippen molar-refractivity contribution in [2.45, 2.75) is 30.5 Å². The van der Waals surface area contributed by atoms with Gasteiger partial charge in [0, 0.05) is 16.2 Å². The molecule has 0 aliphatic heterocycles. The van der Waals surface area contributed by atoms with E-state index in [2.05, 4.69) is 0 Å². The van der Waals surface area contributed by atoms with Crippen LogP contribution in [0.15, 0.2) is 53.9 Å². The summed E-state index contributed by atoms with van der Waals surface area (Å²) in [7, 11) is 0. The minimum Gasteiger partial charge on any atom is -0.303 e. The number of rotatable bonds is 5. The van der Waals surface area contributed by atoms with Gasteiger partial charge in [-0.2, -0.15) is 13.2 Å². The van der Waals surface area contributed by atoms with E-state index in [1.165, 1.54) is 23.6 Å². The SMILES string of the molecule is O=CC[C@H]1C(c2ccccc2)=CC[C@@](c2cccs2)(C(F)(F)F)[C@@H]1[N+](=O)[O-]. The molecule has 0 radical (unpaired) electrons. The Morgan fingerprint density at radius 3 is 2.44 bits per heavy atom. The maximum atomic E-state index is 14.3. The fourth-order valence-corrected chi connectivity index (χ4v) is 4.90. The topological polar surface area (TPSA) is 60.2 Å². The molecule has 1 aromatic heterocycles. The molecule has 1 aliphatic carbocycles. The maximum absolute atomic E-state index is 14.3. The van der Waals surface area contributed by atoms with Crippen molar-refractivity contribution in [3.05, 3.63) is 74.5 Å². The molecule has 0 fully saturated rings. The Morgan fingerprint density at radius 2 is 1.93 bits per heavy atom. The second-order valence-electron chi connectivity index (χ2n) is 6.42. The van der Waals surface area contributed by atoms with Crippen LogP contribution < -0.4 is 0 Å². The summed E-state index contributed by atoms with van der Waals surface area (Å²) in [6.07, 6.45) is -3.86. The van der Waals surface area contributed by atoms with Gasteiger partial charge in [0.2, 0.25) is 6.04 Å². The zero-order valence-corrected chi connectivity index (χ0v) is 14.9. The molecule has 0 spiro atoms. The number of benzene rings is 1. The van der Waals surface area contributed by atoms with Crippen LogP contribution >= 0.6 is 11.3 Å². The summed E-state index contributed by atoms with van der Waals surface area (Å²) in [5.74, 6) is -1.17. The van der Waals surface area contributed by atoms with Crippen molar-refractivity contribution in [3.63, 3.8) is 0 Å². The van der Waals surface area contributed by atoms with Gasteiger partial charge in [-0.25, -0.2) is 0 Å². The molecule has 0 unspecified atom stereocenters. The molecule has 2 aromatic rings. The number of nitro groups is 1. The Bertz CT molecular complexity index is 849. The standard InChI is InChI=1S/C19H16F3NO3S/c20-19(21,22)18(16-7-4-12-27-16)10-8-14(13-5-2-1-3-6-13)15(9-11-24)17(18)23(25)26/h1-8,11-12,15,17H,9-10H2/t15-,17+,18-/m0/s1. The number of halogens is 3. The number of alkyl halides is 3. The summed E-state index contributed by atoms with van der Waals surface area (Å²) in [5.41, 5.74) is -1.64. The average molecular weight is 395 g/mol.